The molecule has 0 saturated carbocycles. The molecule has 0 unspecified atom stereocenters. The number of anilines is 3. The minimum atomic E-state index is -3.17. The van der Waals surface area contributed by atoms with Crippen molar-refractivity contribution in [3.63, 3.8) is 0 Å². The predicted octanol–water partition coefficient (Wildman–Crippen LogP) is 3.87. The van der Waals surface area contributed by atoms with Crippen molar-refractivity contribution >= 4 is 34.6 Å². The first-order chi connectivity index (χ1) is 14.1. The van der Waals surface area contributed by atoms with Gasteiger partial charge >= 0.3 is 5.92 Å². The van der Waals surface area contributed by atoms with Crippen molar-refractivity contribution in [1.29, 1.82) is 0 Å². The van der Waals surface area contributed by atoms with Crippen LogP contribution in [-0.2, 0) is 17.3 Å². The number of hydrogen-bond acceptors (Lipinski definition) is 8. The van der Waals surface area contributed by atoms with Gasteiger partial charge in [-0.2, -0.15) is 8.78 Å². The summed E-state index contributed by atoms with van der Waals surface area (Å²) >= 11 is 1.49. The van der Waals surface area contributed by atoms with Crippen LogP contribution in [0.15, 0.2) is 30.7 Å². The monoisotopic (exact) mass is 433 g/mol. The maximum Gasteiger partial charge on any atom is 0.303 e. The summed E-state index contributed by atoms with van der Waals surface area (Å²) in [6.07, 6.45) is 4.62. The van der Waals surface area contributed by atoms with Gasteiger partial charge in [0.05, 0.1) is 11.3 Å². The molecule has 0 radical (unpaired) electrons. The minimum absolute atomic E-state index is 0.188. The first kappa shape index (κ1) is 21.7. The minimum Gasteiger partial charge on any atom is -0.339 e. The molecular formula is C19H21F2N7OS. The molecule has 3 aromatic heterocycles. The number of amides is 1. The lowest BCUT2D eigenvalue weighted by atomic mass is 10.2. The Morgan fingerprint density at radius 3 is 2.63 bits per heavy atom. The Morgan fingerprint density at radius 1 is 1.20 bits per heavy atom. The third kappa shape index (κ3) is 5.51. The number of hydrogen-bond donors (Lipinski definition) is 2. The van der Waals surface area contributed by atoms with Gasteiger partial charge in [-0.3, -0.25) is 4.79 Å². The van der Waals surface area contributed by atoms with Crippen molar-refractivity contribution in [3.05, 3.63) is 41.4 Å². The van der Waals surface area contributed by atoms with Crippen LogP contribution in [0.25, 0.3) is 10.6 Å². The fourth-order valence-corrected chi connectivity index (χ4v) is 3.63. The zero-order valence-electron chi connectivity index (χ0n) is 16.9. The average Bonchev–Trinajstić information content (AvgIpc) is 3.08. The quantitative estimate of drug-likeness (QED) is 0.584. The summed E-state index contributed by atoms with van der Waals surface area (Å²) < 4.78 is 27.2. The Kier molecular flexibility index (Phi) is 6.32. The van der Waals surface area contributed by atoms with Crippen molar-refractivity contribution in [2.24, 2.45) is 0 Å². The van der Waals surface area contributed by atoms with Gasteiger partial charge in [0.1, 0.15) is 16.6 Å². The Bertz CT molecular complexity index is 1050. The van der Waals surface area contributed by atoms with Gasteiger partial charge in [-0.25, -0.2) is 19.9 Å². The first-order valence-electron chi connectivity index (χ1n) is 8.97. The number of nitrogens with one attached hydrogen (secondary N) is 2. The highest BCUT2D eigenvalue weighted by atomic mass is 32.1. The summed E-state index contributed by atoms with van der Waals surface area (Å²) in [6.45, 7) is 2.84. The Labute approximate surface area is 176 Å². The lowest BCUT2D eigenvalue weighted by Gasteiger charge is -2.14. The molecule has 30 heavy (non-hydrogen) atoms. The molecule has 0 aliphatic heterocycles. The Hall–Kier alpha value is -3.05. The number of carbonyl (C=O) groups excluding carboxylic acids is 1. The molecule has 0 fully saturated rings. The smallest absolute Gasteiger partial charge is 0.303 e. The van der Waals surface area contributed by atoms with Crippen LogP contribution < -0.4 is 10.6 Å². The van der Waals surface area contributed by atoms with E-state index >= 15 is 0 Å². The number of rotatable bonds is 7. The van der Waals surface area contributed by atoms with E-state index in [0.717, 1.165) is 18.3 Å². The van der Waals surface area contributed by atoms with Crippen molar-refractivity contribution in [2.45, 2.75) is 26.3 Å². The number of halogens is 2. The fourth-order valence-electron chi connectivity index (χ4n) is 2.57. The van der Waals surface area contributed by atoms with Crippen molar-refractivity contribution < 1.29 is 13.6 Å². The summed E-state index contributed by atoms with van der Waals surface area (Å²) in [6, 6.07) is 3.09. The van der Waals surface area contributed by atoms with Crippen LogP contribution in [0.2, 0.25) is 0 Å². The van der Waals surface area contributed by atoms with E-state index in [-0.39, 0.29) is 11.7 Å². The number of pyridine rings is 1. The average molecular weight is 433 g/mol. The van der Waals surface area contributed by atoms with E-state index in [1.165, 1.54) is 30.5 Å². The van der Waals surface area contributed by atoms with Crippen molar-refractivity contribution in [2.75, 3.05) is 24.7 Å². The number of alkyl halides is 2. The van der Waals surface area contributed by atoms with Crippen molar-refractivity contribution in [1.82, 2.24) is 24.8 Å². The molecule has 3 heterocycles. The topological polar surface area (TPSA) is 95.9 Å². The third-order valence-corrected chi connectivity index (χ3v) is 4.79. The molecule has 0 aromatic carbocycles. The normalized spacial score (nSPS) is 11.6. The molecule has 3 rings (SSSR count). The van der Waals surface area contributed by atoms with E-state index in [0.29, 0.717) is 22.1 Å². The van der Waals surface area contributed by atoms with E-state index in [4.69, 9.17) is 0 Å². The Balaban J connectivity index is 2.00. The number of aromatic nitrogens is 4. The van der Waals surface area contributed by atoms with Crippen LogP contribution in [0.4, 0.5) is 26.1 Å². The van der Waals surface area contributed by atoms with Crippen LogP contribution >= 0.6 is 11.3 Å². The van der Waals surface area contributed by atoms with Crippen LogP contribution in [0.5, 0.6) is 0 Å². The van der Waals surface area contributed by atoms with E-state index in [2.05, 4.69) is 30.6 Å². The summed E-state index contributed by atoms with van der Waals surface area (Å²) in [5.41, 5.74) is 1.17. The highest BCUT2D eigenvalue weighted by molar-refractivity contribution is 7.15. The zero-order valence-corrected chi connectivity index (χ0v) is 17.7. The largest absolute Gasteiger partial charge is 0.339 e. The molecule has 0 atom stereocenters. The lowest BCUT2D eigenvalue weighted by Crippen LogP contribution is -2.13. The SMILES string of the molecule is CC(=O)Nc1cc(Nc2ccnc(C(C)(F)F)n2)c(-c2ncc(CN(C)C)s2)cn1. The van der Waals surface area contributed by atoms with Gasteiger partial charge in [0.25, 0.3) is 0 Å². The second-order valence-corrected chi connectivity index (χ2v) is 8.06. The van der Waals surface area contributed by atoms with Gasteiger partial charge in [0, 0.05) is 49.9 Å². The molecule has 0 aliphatic rings. The highest BCUT2D eigenvalue weighted by Crippen LogP contribution is 2.34. The zero-order chi connectivity index (χ0) is 21.9. The summed E-state index contributed by atoms with van der Waals surface area (Å²) in [7, 11) is 3.93. The predicted molar refractivity (Wildman–Crippen MR) is 112 cm³/mol. The van der Waals surface area contributed by atoms with Gasteiger partial charge in [0.2, 0.25) is 11.7 Å². The molecule has 0 saturated heterocycles. The van der Waals surface area contributed by atoms with E-state index in [1.807, 2.05) is 19.0 Å². The molecule has 11 heteroatoms. The molecule has 0 bridgehead atoms. The van der Waals surface area contributed by atoms with E-state index in [1.54, 1.807) is 18.5 Å². The first-order valence-corrected chi connectivity index (χ1v) is 9.79. The lowest BCUT2D eigenvalue weighted by molar-refractivity contribution is -0.114. The van der Waals surface area contributed by atoms with Gasteiger partial charge in [-0.15, -0.1) is 11.3 Å². The second-order valence-electron chi connectivity index (χ2n) is 6.94. The highest BCUT2D eigenvalue weighted by Gasteiger charge is 2.28. The number of thiazole rings is 1. The summed E-state index contributed by atoms with van der Waals surface area (Å²) in [5.74, 6) is -3.54. The van der Waals surface area contributed by atoms with Gasteiger partial charge in [-0.05, 0) is 20.2 Å². The molecule has 1 amide bonds. The summed E-state index contributed by atoms with van der Waals surface area (Å²) in [5, 5.41) is 6.34. The molecular weight excluding hydrogens is 412 g/mol. The van der Waals surface area contributed by atoms with Crippen LogP contribution in [0.3, 0.4) is 0 Å². The number of nitrogens with zero attached hydrogens (tertiary/aromatic N) is 5. The Morgan fingerprint density at radius 2 is 1.97 bits per heavy atom. The molecule has 0 aliphatic carbocycles. The van der Waals surface area contributed by atoms with Crippen LogP contribution in [0.1, 0.15) is 24.5 Å². The van der Waals surface area contributed by atoms with E-state index < -0.39 is 11.7 Å². The van der Waals surface area contributed by atoms with Gasteiger partial charge in [-0.1, -0.05) is 0 Å². The maximum atomic E-state index is 13.6. The van der Waals surface area contributed by atoms with Crippen LogP contribution in [0, 0.1) is 0 Å². The number of carbonyl (C=O) groups is 1. The molecule has 8 nitrogen and oxygen atoms in total. The third-order valence-electron chi connectivity index (χ3n) is 3.78. The second kappa shape index (κ2) is 8.76. The molecule has 0 spiro atoms. The maximum absolute atomic E-state index is 13.6. The molecule has 2 N–H and O–H groups in total. The van der Waals surface area contributed by atoms with Crippen molar-refractivity contribution in [3.8, 4) is 10.6 Å². The van der Waals surface area contributed by atoms with Gasteiger partial charge in [0.15, 0.2) is 0 Å². The van der Waals surface area contributed by atoms with E-state index in [9.17, 15) is 13.6 Å². The molecule has 158 valence electrons. The standard InChI is InChI=1S/C19H21F2N7OS/c1-11(29)25-16-7-14(26-15-5-6-22-18(27-15)19(2,20)21)13(9-23-16)17-24-8-12(30-17)10-28(3)4/h5-9H,10H2,1-4H3,(H2,22,23,25,26,27,29). The van der Waals surface area contributed by atoms with Crippen LogP contribution in [-0.4, -0.2) is 44.8 Å². The summed E-state index contributed by atoms with van der Waals surface area (Å²) in [4.78, 5) is 30.8. The molecule has 3 aromatic rings. The fraction of sp³-hybridized carbons (Fsp3) is 0.316. The van der Waals surface area contributed by atoms with Gasteiger partial charge < -0.3 is 15.5 Å².